The summed E-state index contributed by atoms with van der Waals surface area (Å²) in [5.74, 6) is 0. The highest BCUT2D eigenvalue weighted by Gasteiger charge is 2.08. The van der Waals surface area contributed by atoms with Crippen molar-refractivity contribution in [2.45, 2.75) is 39.0 Å². The SMILES string of the molecule is CC(C)OCC(O)Cn1cc(CCO)nn1. The average Bonchev–Trinajstić information content (AvgIpc) is 2.63. The van der Waals surface area contributed by atoms with Crippen LogP contribution in [0.3, 0.4) is 0 Å². The summed E-state index contributed by atoms with van der Waals surface area (Å²) in [4.78, 5) is 0. The minimum Gasteiger partial charge on any atom is -0.396 e. The molecule has 1 rings (SSSR count). The molecule has 0 saturated carbocycles. The fraction of sp³-hybridized carbons (Fsp3) is 0.800. The largest absolute Gasteiger partial charge is 0.396 e. The molecule has 0 bridgehead atoms. The van der Waals surface area contributed by atoms with Crippen LogP contribution in [0.1, 0.15) is 19.5 Å². The lowest BCUT2D eigenvalue weighted by molar-refractivity contribution is -0.00221. The number of nitrogens with zero attached hydrogens (tertiary/aromatic N) is 3. The predicted molar refractivity (Wildman–Crippen MR) is 57.9 cm³/mol. The minimum absolute atomic E-state index is 0.0533. The van der Waals surface area contributed by atoms with Crippen molar-refractivity contribution < 1.29 is 14.9 Å². The molecule has 0 aromatic carbocycles. The van der Waals surface area contributed by atoms with E-state index in [1.54, 1.807) is 10.9 Å². The standard InChI is InChI=1S/C10H19N3O3/c1-8(2)16-7-10(15)6-13-5-9(3-4-14)11-12-13/h5,8,10,14-15H,3-4,6-7H2,1-2H3. The van der Waals surface area contributed by atoms with E-state index >= 15 is 0 Å². The molecule has 0 aliphatic heterocycles. The number of ether oxygens (including phenoxy) is 1. The molecule has 1 aromatic heterocycles. The van der Waals surface area contributed by atoms with Gasteiger partial charge in [0.05, 0.1) is 31.1 Å². The van der Waals surface area contributed by atoms with Crippen LogP contribution in [0.4, 0.5) is 0 Å². The smallest absolute Gasteiger partial charge is 0.0969 e. The zero-order valence-electron chi connectivity index (χ0n) is 9.70. The van der Waals surface area contributed by atoms with Crippen LogP contribution in [0, 0.1) is 0 Å². The lowest BCUT2D eigenvalue weighted by atomic mass is 10.3. The second kappa shape index (κ2) is 6.57. The van der Waals surface area contributed by atoms with Crippen molar-refractivity contribution in [2.75, 3.05) is 13.2 Å². The zero-order chi connectivity index (χ0) is 12.0. The third-order valence-electron chi connectivity index (χ3n) is 1.97. The fourth-order valence-corrected chi connectivity index (χ4v) is 1.23. The normalized spacial score (nSPS) is 13.3. The van der Waals surface area contributed by atoms with E-state index in [2.05, 4.69) is 10.3 Å². The van der Waals surface area contributed by atoms with E-state index < -0.39 is 6.10 Å². The van der Waals surface area contributed by atoms with Gasteiger partial charge < -0.3 is 14.9 Å². The van der Waals surface area contributed by atoms with E-state index in [-0.39, 0.29) is 19.3 Å². The summed E-state index contributed by atoms with van der Waals surface area (Å²) in [5, 5.41) is 26.0. The Kier molecular flexibility index (Phi) is 5.37. The van der Waals surface area contributed by atoms with Crippen molar-refractivity contribution in [3.05, 3.63) is 11.9 Å². The van der Waals surface area contributed by atoms with Crippen molar-refractivity contribution in [2.24, 2.45) is 0 Å². The highest BCUT2D eigenvalue weighted by Crippen LogP contribution is 1.98. The van der Waals surface area contributed by atoms with Crippen LogP contribution in [-0.4, -0.2) is 50.6 Å². The Hall–Kier alpha value is -0.980. The van der Waals surface area contributed by atoms with Gasteiger partial charge in [0.25, 0.3) is 0 Å². The Balaban J connectivity index is 2.34. The van der Waals surface area contributed by atoms with E-state index in [0.717, 1.165) is 5.69 Å². The molecule has 6 nitrogen and oxygen atoms in total. The van der Waals surface area contributed by atoms with E-state index in [0.29, 0.717) is 13.0 Å². The first-order valence-electron chi connectivity index (χ1n) is 5.41. The fourth-order valence-electron chi connectivity index (χ4n) is 1.23. The Labute approximate surface area is 94.8 Å². The molecule has 0 amide bonds. The lowest BCUT2D eigenvalue weighted by Crippen LogP contribution is -2.24. The molecule has 2 N–H and O–H groups in total. The first-order valence-corrected chi connectivity index (χ1v) is 5.41. The third kappa shape index (κ3) is 4.69. The van der Waals surface area contributed by atoms with Gasteiger partial charge in [0.15, 0.2) is 0 Å². The highest BCUT2D eigenvalue weighted by molar-refractivity contribution is 4.92. The highest BCUT2D eigenvalue weighted by atomic mass is 16.5. The molecule has 0 spiro atoms. The molecular formula is C10H19N3O3. The van der Waals surface area contributed by atoms with Crippen LogP contribution >= 0.6 is 0 Å². The third-order valence-corrected chi connectivity index (χ3v) is 1.97. The molecule has 6 heteroatoms. The first kappa shape index (κ1) is 13.1. The molecule has 1 atom stereocenters. The van der Waals surface area contributed by atoms with Crippen molar-refractivity contribution in [1.29, 1.82) is 0 Å². The first-order chi connectivity index (χ1) is 7.61. The van der Waals surface area contributed by atoms with Crippen LogP contribution in [0.15, 0.2) is 6.20 Å². The van der Waals surface area contributed by atoms with Crippen LogP contribution in [-0.2, 0) is 17.7 Å². The number of hydrogen-bond acceptors (Lipinski definition) is 5. The van der Waals surface area contributed by atoms with Gasteiger partial charge in [-0.3, -0.25) is 0 Å². The molecular weight excluding hydrogens is 210 g/mol. The Morgan fingerprint density at radius 3 is 2.88 bits per heavy atom. The topological polar surface area (TPSA) is 80.4 Å². The maximum Gasteiger partial charge on any atom is 0.0969 e. The van der Waals surface area contributed by atoms with Gasteiger partial charge in [0, 0.05) is 19.2 Å². The molecule has 1 heterocycles. The minimum atomic E-state index is -0.592. The van der Waals surface area contributed by atoms with E-state index in [9.17, 15) is 5.11 Å². The molecule has 16 heavy (non-hydrogen) atoms. The van der Waals surface area contributed by atoms with Crippen molar-refractivity contribution in [1.82, 2.24) is 15.0 Å². The summed E-state index contributed by atoms with van der Waals surface area (Å²) in [6.45, 7) is 4.53. The lowest BCUT2D eigenvalue weighted by Gasteiger charge is -2.12. The maximum absolute atomic E-state index is 9.63. The second-order valence-corrected chi connectivity index (χ2v) is 3.94. The number of hydrogen-bond donors (Lipinski definition) is 2. The van der Waals surface area contributed by atoms with Gasteiger partial charge in [0.1, 0.15) is 0 Å². The van der Waals surface area contributed by atoms with E-state index in [1.807, 2.05) is 13.8 Å². The summed E-state index contributed by atoms with van der Waals surface area (Å²) in [6, 6.07) is 0. The van der Waals surface area contributed by atoms with Crippen molar-refractivity contribution in [3.63, 3.8) is 0 Å². The molecule has 0 aliphatic carbocycles. The number of rotatable bonds is 7. The van der Waals surface area contributed by atoms with Gasteiger partial charge in [0.2, 0.25) is 0 Å². The summed E-state index contributed by atoms with van der Waals surface area (Å²) < 4.78 is 6.83. The monoisotopic (exact) mass is 229 g/mol. The number of aromatic nitrogens is 3. The van der Waals surface area contributed by atoms with Gasteiger partial charge in [-0.15, -0.1) is 5.10 Å². The quantitative estimate of drug-likeness (QED) is 0.665. The second-order valence-electron chi connectivity index (χ2n) is 3.94. The molecule has 0 radical (unpaired) electrons. The molecule has 0 fully saturated rings. The van der Waals surface area contributed by atoms with Gasteiger partial charge in [-0.2, -0.15) is 0 Å². The van der Waals surface area contributed by atoms with Crippen LogP contribution in [0.5, 0.6) is 0 Å². The number of aliphatic hydroxyl groups excluding tert-OH is 2. The molecule has 0 aliphatic rings. The van der Waals surface area contributed by atoms with Crippen LogP contribution in [0.25, 0.3) is 0 Å². The van der Waals surface area contributed by atoms with Crippen molar-refractivity contribution in [3.8, 4) is 0 Å². The zero-order valence-corrected chi connectivity index (χ0v) is 9.70. The van der Waals surface area contributed by atoms with Gasteiger partial charge in [-0.1, -0.05) is 5.21 Å². The van der Waals surface area contributed by atoms with Crippen LogP contribution in [0.2, 0.25) is 0 Å². The summed E-state index contributed by atoms with van der Waals surface area (Å²) in [6.07, 6.45) is 1.72. The van der Waals surface area contributed by atoms with Gasteiger partial charge in [-0.05, 0) is 13.8 Å². The Morgan fingerprint density at radius 1 is 1.50 bits per heavy atom. The molecule has 0 saturated heterocycles. The summed E-state index contributed by atoms with van der Waals surface area (Å²) in [7, 11) is 0. The summed E-state index contributed by atoms with van der Waals surface area (Å²) in [5.41, 5.74) is 0.722. The van der Waals surface area contributed by atoms with E-state index in [4.69, 9.17) is 9.84 Å². The average molecular weight is 229 g/mol. The Morgan fingerprint density at radius 2 is 2.25 bits per heavy atom. The summed E-state index contributed by atoms with van der Waals surface area (Å²) >= 11 is 0. The molecule has 92 valence electrons. The van der Waals surface area contributed by atoms with Gasteiger partial charge >= 0.3 is 0 Å². The Bertz CT molecular complexity index is 301. The van der Waals surface area contributed by atoms with Gasteiger partial charge in [-0.25, -0.2) is 4.68 Å². The number of aliphatic hydroxyl groups is 2. The maximum atomic E-state index is 9.63. The molecule has 1 unspecified atom stereocenters. The van der Waals surface area contributed by atoms with E-state index in [1.165, 1.54) is 0 Å². The molecule has 1 aromatic rings. The van der Waals surface area contributed by atoms with Crippen molar-refractivity contribution >= 4 is 0 Å². The van der Waals surface area contributed by atoms with Crippen LogP contribution < -0.4 is 0 Å². The predicted octanol–water partition coefficient (Wildman–Crippen LogP) is -0.401.